The van der Waals surface area contributed by atoms with Crippen LogP contribution in [0.3, 0.4) is 0 Å². The highest BCUT2D eigenvalue weighted by molar-refractivity contribution is 5.76. The number of aromatic nitrogens is 4. The van der Waals surface area contributed by atoms with Gasteiger partial charge >= 0.3 is 6.18 Å². The maximum atomic E-state index is 12.6. The van der Waals surface area contributed by atoms with Crippen LogP contribution in [0.25, 0.3) is 11.0 Å². The monoisotopic (exact) mass is 266 g/mol. The van der Waals surface area contributed by atoms with Crippen molar-refractivity contribution in [2.75, 3.05) is 0 Å². The lowest BCUT2D eigenvalue weighted by atomic mass is 10.2. The van der Waals surface area contributed by atoms with Crippen molar-refractivity contribution in [2.24, 2.45) is 0 Å². The van der Waals surface area contributed by atoms with Crippen molar-refractivity contribution < 1.29 is 13.2 Å². The van der Waals surface area contributed by atoms with Gasteiger partial charge in [-0.05, 0) is 24.3 Å². The molecule has 0 aliphatic carbocycles. The second kappa shape index (κ2) is 4.11. The third-order valence-electron chi connectivity index (χ3n) is 2.73. The smallest absolute Gasteiger partial charge is 0.340 e. The van der Waals surface area contributed by atoms with E-state index < -0.39 is 11.7 Å². The van der Waals surface area contributed by atoms with Crippen molar-refractivity contribution in [3.05, 3.63) is 48.0 Å². The fourth-order valence-electron chi connectivity index (χ4n) is 1.86. The molecule has 98 valence electrons. The molecule has 0 unspecified atom stereocenters. The van der Waals surface area contributed by atoms with Gasteiger partial charge in [-0.25, -0.2) is 4.98 Å². The Morgan fingerprint density at radius 1 is 1.26 bits per heavy atom. The third-order valence-corrected chi connectivity index (χ3v) is 2.73. The van der Waals surface area contributed by atoms with E-state index in [0.29, 0.717) is 23.4 Å². The van der Waals surface area contributed by atoms with E-state index in [-0.39, 0.29) is 0 Å². The summed E-state index contributed by atoms with van der Waals surface area (Å²) < 4.78 is 39.4. The van der Waals surface area contributed by atoms with Gasteiger partial charge in [0.2, 0.25) is 0 Å². The van der Waals surface area contributed by atoms with Crippen LogP contribution in [0.2, 0.25) is 0 Å². The van der Waals surface area contributed by atoms with Crippen molar-refractivity contribution in [1.29, 1.82) is 0 Å². The topological polar surface area (TPSA) is 46.5 Å². The molecule has 7 heteroatoms. The maximum Gasteiger partial charge on any atom is 0.416 e. The summed E-state index contributed by atoms with van der Waals surface area (Å²) in [4.78, 5) is 7.10. The molecule has 19 heavy (non-hydrogen) atoms. The molecule has 0 aliphatic heterocycles. The number of hydrogen-bond acceptors (Lipinski definition) is 2. The third kappa shape index (κ3) is 2.31. The van der Waals surface area contributed by atoms with E-state index in [4.69, 9.17) is 0 Å². The molecule has 0 radical (unpaired) electrons. The summed E-state index contributed by atoms with van der Waals surface area (Å²) in [5.41, 5.74) is 0.196. The summed E-state index contributed by atoms with van der Waals surface area (Å²) in [6, 6.07) is 5.22. The van der Waals surface area contributed by atoms with Gasteiger partial charge in [-0.15, -0.1) is 0 Å². The van der Waals surface area contributed by atoms with Gasteiger partial charge in [-0.1, -0.05) is 0 Å². The lowest BCUT2D eigenvalue weighted by Gasteiger charge is -2.05. The summed E-state index contributed by atoms with van der Waals surface area (Å²) >= 11 is 0. The Labute approximate surface area is 105 Å². The summed E-state index contributed by atoms with van der Waals surface area (Å²) in [5.74, 6) is 0.568. The van der Waals surface area contributed by atoms with Crippen LogP contribution in [0.15, 0.2) is 36.7 Å². The van der Waals surface area contributed by atoms with Gasteiger partial charge in [0.05, 0.1) is 23.1 Å². The molecule has 0 saturated heterocycles. The fourth-order valence-corrected chi connectivity index (χ4v) is 1.86. The molecule has 0 spiro atoms. The van der Waals surface area contributed by atoms with Gasteiger partial charge in [-0.2, -0.15) is 18.3 Å². The minimum atomic E-state index is -4.35. The summed E-state index contributed by atoms with van der Waals surface area (Å²) in [7, 11) is 0. The molecule has 2 aromatic heterocycles. The average Bonchev–Trinajstić information content (AvgIpc) is 2.95. The molecule has 0 amide bonds. The Hall–Kier alpha value is -2.31. The number of benzene rings is 1. The standard InChI is InChI=1S/C12H9F3N4/c13-12(14,15)8-2-3-9-10(6-8)18-11(17-9)7-19-5-1-4-16-19/h1-6H,7H2,(H,17,18). The predicted molar refractivity (Wildman–Crippen MR) is 62.4 cm³/mol. The Balaban J connectivity index is 1.97. The van der Waals surface area contributed by atoms with Crippen LogP contribution in [0.5, 0.6) is 0 Å². The second-order valence-corrected chi connectivity index (χ2v) is 4.12. The van der Waals surface area contributed by atoms with E-state index in [0.717, 1.165) is 12.1 Å². The van der Waals surface area contributed by atoms with Gasteiger partial charge in [0, 0.05) is 12.4 Å². The molecule has 0 aliphatic rings. The molecule has 3 rings (SSSR count). The predicted octanol–water partition coefficient (Wildman–Crippen LogP) is 2.83. The quantitative estimate of drug-likeness (QED) is 0.775. The number of alkyl halides is 3. The summed E-state index contributed by atoms with van der Waals surface area (Å²) in [5, 5.41) is 4.02. The van der Waals surface area contributed by atoms with Gasteiger partial charge in [0.25, 0.3) is 0 Å². The zero-order chi connectivity index (χ0) is 13.5. The van der Waals surface area contributed by atoms with Gasteiger partial charge in [0.1, 0.15) is 5.82 Å². The zero-order valence-corrected chi connectivity index (χ0v) is 9.65. The number of fused-ring (bicyclic) bond motifs is 1. The Bertz CT molecular complexity index is 697. The first kappa shape index (κ1) is 11.8. The Kier molecular flexibility index (Phi) is 2.55. The zero-order valence-electron chi connectivity index (χ0n) is 9.65. The van der Waals surface area contributed by atoms with Gasteiger partial charge in [-0.3, -0.25) is 4.68 Å². The summed E-state index contributed by atoms with van der Waals surface area (Å²) in [6.45, 7) is 0.392. The van der Waals surface area contributed by atoms with Crippen LogP contribution in [0, 0.1) is 0 Å². The number of nitrogens with one attached hydrogen (secondary N) is 1. The van der Waals surface area contributed by atoms with E-state index in [2.05, 4.69) is 15.1 Å². The van der Waals surface area contributed by atoms with Crippen molar-refractivity contribution in [3.8, 4) is 0 Å². The first-order valence-corrected chi connectivity index (χ1v) is 5.56. The van der Waals surface area contributed by atoms with Crippen LogP contribution in [-0.4, -0.2) is 19.7 Å². The fraction of sp³-hybridized carbons (Fsp3) is 0.167. The highest BCUT2D eigenvalue weighted by Gasteiger charge is 2.30. The van der Waals surface area contributed by atoms with E-state index >= 15 is 0 Å². The Morgan fingerprint density at radius 2 is 2.11 bits per heavy atom. The molecule has 0 bridgehead atoms. The minimum Gasteiger partial charge on any atom is -0.340 e. The van der Waals surface area contributed by atoms with Crippen molar-refractivity contribution >= 4 is 11.0 Å². The van der Waals surface area contributed by atoms with Crippen LogP contribution in [0.1, 0.15) is 11.4 Å². The summed E-state index contributed by atoms with van der Waals surface area (Å²) in [6.07, 6.45) is -0.958. The molecule has 0 saturated carbocycles. The van der Waals surface area contributed by atoms with Crippen molar-refractivity contribution in [2.45, 2.75) is 12.7 Å². The molecular formula is C12H9F3N4. The number of halogens is 3. The van der Waals surface area contributed by atoms with E-state index in [1.807, 2.05) is 0 Å². The molecule has 1 aromatic carbocycles. The SMILES string of the molecule is FC(F)(F)c1ccc2nc(Cn3cccn3)[nH]c2c1. The number of aromatic amines is 1. The largest absolute Gasteiger partial charge is 0.416 e. The molecule has 4 nitrogen and oxygen atoms in total. The highest BCUT2D eigenvalue weighted by atomic mass is 19.4. The number of H-pyrrole nitrogens is 1. The molecule has 0 fully saturated rings. The lowest BCUT2D eigenvalue weighted by molar-refractivity contribution is -0.137. The van der Waals surface area contributed by atoms with Crippen LogP contribution >= 0.6 is 0 Å². The molecular weight excluding hydrogens is 257 g/mol. The maximum absolute atomic E-state index is 12.6. The number of imidazole rings is 1. The van der Waals surface area contributed by atoms with Crippen LogP contribution in [-0.2, 0) is 12.7 Å². The normalized spacial score (nSPS) is 12.2. The first-order chi connectivity index (χ1) is 9.02. The van der Waals surface area contributed by atoms with Crippen molar-refractivity contribution in [3.63, 3.8) is 0 Å². The van der Waals surface area contributed by atoms with Gasteiger partial charge in [0.15, 0.2) is 0 Å². The lowest BCUT2D eigenvalue weighted by Crippen LogP contribution is -2.04. The molecule has 0 atom stereocenters. The highest BCUT2D eigenvalue weighted by Crippen LogP contribution is 2.30. The number of hydrogen-bond donors (Lipinski definition) is 1. The second-order valence-electron chi connectivity index (χ2n) is 4.12. The van der Waals surface area contributed by atoms with E-state index in [9.17, 15) is 13.2 Å². The average molecular weight is 266 g/mol. The minimum absolute atomic E-state index is 0.372. The van der Waals surface area contributed by atoms with Crippen LogP contribution in [0.4, 0.5) is 13.2 Å². The van der Waals surface area contributed by atoms with E-state index in [1.165, 1.54) is 6.07 Å². The number of nitrogens with zero attached hydrogens (tertiary/aromatic N) is 3. The number of rotatable bonds is 2. The van der Waals surface area contributed by atoms with Crippen LogP contribution < -0.4 is 0 Å². The molecule has 2 heterocycles. The molecule has 3 aromatic rings. The van der Waals surface area contributed by atoms with Gasteiger partial charge < -0.3 is 4.98 Å². The van der Waals surface area contributed by atoms with Crippen molar-refractivity contribution in [1.82, 2.24) is 19.7 Å². The molecule has 1 N–H and O–H groups in total. The first-order valence-electron chi connectivity index (χ1n) is 5.56. The Morgan fingerprint density at radius 3 is 2.79 bits per heavy atom. The van der Waals surface area contributed by atoms with E-state index in [1.54, 1.807) is 23.1 Å².